The Bertz CT molecular complexity index is 1560. The normalized spacial score (nSPS) is 14.0. The van der Waals surface area contributed by atoms with E-state index in [0.29, 0.717) is 0 Å². The second-order valence-electron chi connectivity index (χ2n) is 9.54. The number of nitrogens with zero attached hydrogens (tertiary/aromatic N) is 1. The fourth-order valence-corrected chi connectivity index (χ4v) is 6.00. The SMILES string of the molecule is O=C(Nc1c(Br)cc(C(F)(C(F)(F)F)C(F)(F)F)cc1Br)c1cccc(N(CC2CC2)C(=O)c2ccc(Cl)cc2Cl)c1F. The van der Waals surface area contributed by atoms with E-state index in [1.165, 1.54) is 30.3 Å². The van der Waals surface area contributed by atoms with E-state index in [0.717, 1.165) is 23.8 Å². The van der Waals surface area contributed by atoms with E-state index >= 15 is 4.39 Å². The van der Waals surface area contributed by atoms with E-state index in [1.54, 1.807) is 0 Å². The second-order valence-corrected chi connectivity index (χ2v) is 12.1. The van der Waals surface area contributed by atoms with Crippen molar-refractivity contribution in [3.63, 3.8) is 0 Å². The molecule has 1 aliphatic carbocycles. The van der Waals surface area contributed by atoms with Crippen LogP contribution in [0.15, 0.2) is 57.5 Å². The van der Waals surface area contributed by atoms with Gasteiger partial charge in [0.25, 0.3) is 11.8 Å². The van der Waals surface area contributed by atoms with Gasteiger partial charge in [-0.25, -0.2) is 8.78 Å². The number of hydrogen-bond acceptors (Lipinski definition) is 2. The molecule has 230 valence electrons. The number of rotatable bonds is 7. The van der Waals surface area contributed by atoms with Crippen molar-refractivity contribution >= 4 is 78.3 Å². The Morgan fingerprint density at radius 2 is 1.47 bits per heavy atom. The highest BCUT2D eigenvalue weighted by Gasteiger charge is 2.73. The molecular weight excluding hydrogens is 767 g/mol. The van der Waals surface area contributed by atoms with Crippen LogP contribution < -0.4 is 10.2 Å². The number of hydrogen-bond donors (Lipinski definition) is 1. The monoisotopic (exact) mass is 780 g/mol. The molecule has 0 bridgehead atoms. The number of amides is 2. The molecule has 0 saturated heterocycles. The quantitative estimate of drug-likeness (QED) is 0.243. The molecule has 43 heavy (non-hydrogen) atoms. The first-order valence-electron chi connectivity index (χ1n) is 12.1. The van der Waals surface area contributed by atoms with Crippen LogP contribution in [0.5, 0.6) is 0 Å². The molecule has 0 heterocycles. The van der Waals surface area contributed by atoms with Crippen LogP contribution in [0.2, 0.25) is 10.0 Å². The van der Waals surface area contributed by atoms with Crippen molar-refractivity contribution in [2.75, 3.05) is 16.8 Å². The van der Waals surface area contributed by atoms with E-state index in [1.807, 2.05) is 0 Å². The van der Waals surface area contributed by atoms with Crippen molar-refractivity contribution in [3.05, 3.63) is 90.0 Å². The number of alkyl halides is 7. The van der Waals surface area contributed by atoms with Gasteiger partial charge in [0, 0.05) is 26.1 Å². The molecule has 0 aliphatic heterocycles. The van der Waals surface area contributed by atoms with Crippen LogP contribution in [0, 0.1) is 11.7 Å². The Morgan fingerprint density at radius 1 is 0.884 bits per heavy atom. The summed E-state index contributed by atoms with van der Waals surface area (Å²) < 4.78 is 109. The summed E-state index contributed by atoms with van der Waals surface area (Å²) in [5, 5.41) is 2.47. The van der Waals surface area contributed by atoms with Gasteiger partial charge in [-0.05, 0) is 93.1 Å². The highest BCUT2D eigenvalue weighted by Crippen LogP contribution is 2.54. The van der Waals surface area contributed by atoms with Crippen LogP contribution in [-0.2, 0) is 5.67 Å². The predicted octanol–water partition coefficient (Wildman–Crippen LogP) is 10.3. The molecule has 4 nitrogen and oxygen atoms in total. The number of carbonyl (C=O) groups excluding carboxylic acids is 2. The number of benzene rings is 3. The smallest absolute Gasteiger partial charge is 0.320 e. The maximum absolute atomic E-state index is 15.8. The van der Waals surface area contributed by atoms with Crippen molar-refractivity contribution in [1.29, 1.82) is 0 Å². The van der Waals surface area contributed by atoms with Crippen LogP contribution >= 0.6 is 55.1 Å². The maximum atomic E-state index is 15.8. The van der Waals surface area contributed by atoms with E-state index in [4.69, 9.17) is 23.2 Å². The molecule has 2 amide bonds. The van der Waals surface area contributed by atoms with Crippen molar-refractivity contribution < 1.29 is 44.7 Å². The van der Waals surface area contributed by atoms with Gasteiger partial charge in [-0.1, -0.05) is 29.3 Å². The third-order valence-corrected chi connectivity index (χ3v) is 8.32. The molecule has 1 aliphatic rings. The summed E-state index contributed by atoms with van der Waals surface area (Å²) in [6.07, 6.45) is -11.2. The van der Waals surface area contributed by atoms with Crippen molar-refractivity contribution in [2.24, 2.45) is 5.92 Å². The van der Waals surface area contributed by atoms with E-state index in [9.17, 15) is 40.3 Å². The highest BCUT2D eigenvalue weighted by molar-refractivity contribution is 9.11. The molecular formula is C27H16Br2Cl2F8N2O2. The molecule has 0 spiro atoms. The summed E-state index contributed by atoms with van der Waals surface area (Å²) in [6.45, 7) is 0.0989. The van der Waals surface area contributed by atoms with Gasteiger partial charge in [-0.15, -0.1) is 0 Å². The number of carbonyl (C=O) groups is 2. The Labute approximate surface area is 265 Å². The van der Waals surface area contributed by atoms with Crippen LogP contribution in [0.25, 0.3) is 0 Å². The van der Waals surface area contributed by atoms with Crippen molar-refractivity contribution in [1.82, 2.24) is 0 Å². The lowest BCUT2D eigenvalue weighted by molar-refractivity contribution is -0.348. The number of nitrogens with one attached hydrogen (secondary N) is 1. The second kappa shape index (κ2) is 12.2. The Morgan fingerprint density at radius 3 is 1.98 bits per heavy atom. The largest absolute Gasteiger partial charge is 0.435 e. The first-order valence-corrected chi connectivity index (χ1v) is 14.4. The van der Waals surface area contributed by atoms with Crippen LogP contribution in [0.4, 0.5) is 46.5 Å². The molecule has 0 aromatic heterocycles. The average Bonchev–Trinajstić information content (AvgIpc) is 3.71. The fraction of sp³-hybridized carbons (Fsp3) is 0.259. The average molecular weight is 783 g/mol. The van der Waals surface area contributed by atoms with Gasteiger partial charge in [0.15, 0.2) is 5.82 Å². The third kappa shape index (κ3) is 6.66. The summed E-state index contributed by atoms with van der Waals surface area (Å²) in [5.41, 5.74) is -8.81. The molecule has 0 atom stereocenters. The molecule has 1 saturated carbocycles. The summed E-state index contributed by atoms with van der Waals surface area (Å²) >= 11 is 17.6. The first kappa shape index (κ1) is 33.5. The Hall–Kier alpha value is -2.42. The van der Waals surface area contributed by atoms with E-state index < -0.39 is 61.4 Å². The van der Waals surface area contributed by atoms with Gasteiger partial charge in [0.2, 0.25) is 0 Å². The van der Waals surface area contributed by atoms with Gasteiger partial charge in [-0.3, -0.25) is 9.59 Å². The Balaban J connectivity index is 1.69. The predicted molar refractivity (Wildman–Crippen MR) is 152 cm³/mol. The molecule has 16 heteroatoms. The summed E-state index contributed by atoms with van der Waals surface area (Å²) in [4.78, 5) is 27.7. The van der Waals surface area contributed by atoms with E-state index in [-0.39, 0.29) is 45.9 Å². The lowest BCUT2D eigenvalue weighted by Gasteiger charge is -2.31. The first-order chi connectivity index (χ1) is 19.9. The maximum Gasteiger partial charge on any atom is 0.435 e. The minimum atomic E-state index is -6.36. The van der Waals surface area contributed by atoms with Gasteiger partial charge in [0.1, 0.15) is 0 Å². The molecule has 1 N–H and O–H groups in total. The van der Waals surface area contributed by atoms with Crippen LogP contribution in [0.1, 0.15) is 39.1 Å². The number of anilines is 2. The van der Waals surface area contributed by atoms with Crippen molar-refractivity contribution in [2.45, 2.75) is 30.9 Å². The van der Waals surface area contributed by atoms with Gasteiger partial charge >= 0.3 is 18.0 Å². The zero-order valence-corrected chi connectivity index (χ0v) is 25.8. The molecule has 1 fully saturated rings. The van der Waals surface area contributed by atoms with Crippen LogP contribution in [-0.4, -0.2) is 30.7 Å². The summed E-state index contributed by atoms with van der Waals surface area (Å²) in [7, 11) is 0. The lowest BCUT2D eigenvalue weighted by atomic mass is 9.94. The van der Waals surface area contributed by atoms with Crippen molar-refractivity contribution in [3.8, 4) is 0 Å². The standard InChI is InChI=1S/C27H16Br2Cl2F8N2O2/c28-17-8-13(25(33,26(34,35)36)27(37,38)39)9-18(29)22(17)40-23(42)16-2-1-3-20(21(16)32)41(11-12-4-5-12)24(43)15-7-6-14(30)10-19(15)31/h1-3,6-10,12H,4-5,11H2,(H,40,42). The van der Waals surface area contributed by atoms with Crippen LogP contribution in [0.3, 0.4) is 0 Å². The molecule has 3 aromatic carbocycles. The Kier molecular flexibility index (Phi) is 9.47. The van der Waals surface area contributed by atoms with E-state index in [2.05, 4.69) is 37.2 Å². The third-order valence-electron chi connectivity index (χ3n) is 6.52. The highest BCUT2D eigenvalue weighted by atomic mass is 79.9. The molecule has 4 rings (SSSR count). The zero-order valence-electron chi connectivity index (χ0n) is 21.1. The lowest BCUT2D eigenvalue weighted by Crippen LogP contribution is -2.50. The topological polar surface area (TPSA) is 49.4 Å². The minimum absolute atomic E-state index is 0.0131. The fourth-order valence-electron chi connectivity index (χ4n) is 4.12. The molecule has 3 aromatic rings. The molecule has 0 unspecified atom stereocenters. The van der Waals surface area contributed by atoms with Gasteiger partial charge in [0.05, 0.1) is 27.5 Å². The van der Waals surface area contributed by atoms with Gasteiger partial charge in [-0.2, -0.15) is 26.3 Å². The number of halogens is 12. The summed E-state index contributed by atoms with van der Waals surface area (Å²) in [5.74, 6) is -2.92. The summed E-state index contributed by atoms with van der Waals surface area (Å²) in [6, 6.07) is 8.13. The molecule has 0 radical (unpaired) electrons. The zero-order chi connectivity index (χ0) is 32.1. The minimum Gasteiger partial charge on any atom is -0.320 e. The van der Waals surface area contributed by atoms with Gasteiger partial charge < -0.3 is 10.2 Å².